The quantitative estimate of drug-likeness (QED) is 0.414. The van der Waals surface area contributed by atoms with Gasteiger partial charge < -0.3 is 10.1 Å². The molecule has 1 heterocycles. The van der Waals surface area contributed by atoms with E-state index in [-0.39, 0.29) is 0 Å². The summed E-state index contributed by atoms with van der Waals surface area (Å²) < 4.78 is 7.46. The normalized spacial score (nSPS) is 10.9. The summed E-state index contributed by atoms with van der Waals surface area (Å²) in [6.07, 6.45) is 0. The first-order valence-electron chi connectivity index (χ1n) is 8.33. The van der Waals surface area contributed by atoms with Crippen LogP contribution in [0.2, 0.25) is 10.0 Å². The lowest BCUT2D eigenvalue weighted by Crippen LogP contribution is -2.16. The summed E-state index contributed by atoms with van der Waals surface area (Å²) in [5.74, 6) is 1.72. The molecule has 0 bridgehead atoms. The first-order valence-corrected chi connectivity index (χ1v) is 10.1. The minimum Gasteiger partial charge on any atom is -0.489 e. The van der Waals surface area contributed by atoms with Crippen molar-refractivity contribution in [3.63, 3.8) is 0 Å². The minimum absolute atomic E-state index is 0.447. The maximum Gasteiger partial charge on any atom is 0.209 e. The molecule has 3 rings (SSSR count). The molecule has 142 valence electrons. The molecule has 6 nitrogen and oxygen atoms in total. The number of thioether (sulfide) groups is 1. The zero-order valence-corrected chi connectivity index (χ0v) is 17.1. The third-order valence-electron chi connectivity index (χ3n) is 3.73. The highest BCUT2D eigenvalue weighted by molar-refractivity contribution is 7.99. The second kappa shape index (κ2) is 9.94. The minimum atomic E-state index is 0.447. The number of aryl methyl sites for hydroxylation is 1. The Hall–Kier alpha value is -1.80. The molecular weight excluding hydrogens is 405 g/mol. The highest BCUT2D eigenvalue weighted by atomic mass is 35.5. The first kappa shape index (κ1) is 19.9. The Bertz CT molecular complexity index is 872. The van der Waals surface area contributed by atoms with Gasteiger partial charge in [0.15, 0.2) is 0 Å². The number of tetrazole rings is 1. The van der Waals surface area contributed by atoms with Crippen molar-refractivity contribution in [2.75, 3.05) is 12.3 Å². The zero-order chi connectivity index (χ0) is 19.1. The number of rotatable bonds is 9. The largest absolute Gasteiger partial charge is 0.489 e. The summed E-state index contributed by atoms with van der Waals surface area (Å²) in [6, 6.07) is 13.5. The molecule has 0 fully saturated rings. The fraction of sp³-hybridized carbons (Fsp3) is 0.278. The number of benzene rings is 2. The monoisotopic (exact) mass is 423 g/mol. The molecule has 0 amide bonds. The fourth-order valence-electron chi connectivity index (χ4n) is 2.29. The second-order valence-corrected chi connectivity index (χ2v) is 7.67. The predicted molar refractivity (Wildman–Crippen MR) is 108 cm³/mol. The van der Waals surface area contributed by atoms with Gasteiger partial charge in [0.2, 0.25) is 5.16 Å². The predicted octanol–water partition coefficient (Wildman–Crippen LogP) is 3.98. The van der Waals surface area contributed by atoms with E-state index in [1.54, 1.807) is 22.5 Å². The molecular formula is C18H19Cl2N5OS. The van der Waals surface area contributed by atoms with E-state index in [4.69, 9.17) is 27.9 Å². The summed E-state index contributed by atoms with van der Waals surface area (Å²) >= 11 is 13.6. The van der Waals surface area contributed by atoms with E-state index in [2.05, 4.69) is 33.0 Å². The van der Waals surface area contributed by atoms with Crippen LogP contribution < -0.4 is 10.1 Å². The van der Waals surface area contributed by atoms with Crippen LogP contribution in [-0.2, 0) is 20.2 Å². The number of hydrogen-bond acceptors (Lipinski definition) is 6. The van der Waals surface area contributed by atoms with E-state index < -0.39 is 0 Å². The lowest BCUT2D eigenvalue weighted by molar-refractivity contribution is 0.306. The van der Waals surface area contributed by atoms with Gasteiger partial charge in [0.25, 0.3) is 0 Å². The van der Waals surface area contributed by atoms with E-state index in [1.165, 1.54) is 5.56 Å². The number of halogens is 2. The first-order chi connectivity index (χ1) is 13.1. The van der Waals surface area contributed by atoms with Crippen molar-refractivity contribution in [2.24, 2.45) is 7.05 Å². The average molecular weight is 424 g/mol. The Morgan fingerprint density at radius 3 is 2.56 bits per heavy atom. The smallest absolute Gasteiger partial charge is 0.209 e. The van der Waals surface area contributed by atoms with Gasteiger partial charge in [-0.15, -0.1) is 5.10 Å². The van der Waals surface area contributed by atoms with Crippen molar-refractivity contribution in [1.29, 1.82) is 0 Å². The maximum absolute atomic E-state index is 6.02. The van der Waals surface area contributed by atoms with Gasteiger partial charge in [-0.05, 0) is 45.8 Å². The molecule has 0 radical (unpaired) electrons. The second-order valence-electron chi connectivity index (χ2n) is 5.79. The van der Waals surface area contributed by atoms with Crippen LogP contribution in [-0.4, -0.2) is 32.5 Å². The Labute approximate surface area is 172 Å². The van der Waals surface area contributed by atoms with Crippen LogP contribution >= 0.6 is 35.0 Å². The lowest BCUT2D eigenvalue weighted by Gasteiger charge is -2.09. The molecule has 0 atom stereocenters. The molecule has 0 aliphatic rings. The van der Waals surface area contributed by atoms with Gasteiger partial charge in [-0.3, -0.25) is 0 Å². The number of aromatic nitrogens is 4. The van der Waals surface area contributed by atoms with Gasteiger partial charge in [0.05, 0.1) is 10.0 Å². The number of hydrogen-bond donors (Lipinski definition) is 1. The molecule has 27 heavy (non-hydrogen) atoms. The van der Waals surface area contributed by atoms with Gasteiger partial charge in [-0.1, -0.05) is 53.2 Å². The van der Waals surface area contributed by atoms with Crippen LogP contribution in [0.4, 0.5) is 0 Å². The third kappa shape index (κ3) is 6.10. The molecule has 0 unspecified atom stereocenters. The lowest BCUT2D eigenvalue weighted by atomic mass is 10.2. The summed E-state index contributed by atoms with van der Waals surface area (Å²) in [5, 5.41) is 16.7. The summed E-state index contributed by atoms with van der Waals surface area (Å²) in [4.78, 5) is 0. The number of nitrogens with zero attached hydrogens (tertiary/aromatic N) is 4. The highest BCUT2D eigenvalue weighted by Crippen LogP contribution is 2.23. The summed E-state index contributed by atoms with van der Waals surface area (Å²) in [6.45, 7) is 2.11. The van der Waals surface area contributed by atoms with Gasteiger partial charge in [0, 0.05) is 25.9 Å². The standard InChI is InChI=1S/C18H19Cl2N5OS/c1-25-18(22-23-24-25)27-9-8-21-11-13-2-5-15(6-3-13)26-12-14-4-7-16(19)17(20)10-14/h2-7,10,21H,8-9,11-12H2,1H3. The van der Waals surface area contributed by atoms with Crippen molar-refractivity contribution in [3.8, 4) is 5.75 Å². The molecule has 9 heteroatoms. The SMILES string of the molecule is Cn1nnnc1SCCNCc1ccc(OCc2ccc(Cl)c(Cl)c2)cc1. The van der Waals surface area contributed by atoms with E-state index in [0.717, 1.165) is 35.3 Å². The Kier molecular flexibility index (Phi) is 7.34. The molecule has 1 aromatic heterocycles. The van der Waals surface area contributed by atoms with Crippen LogP contribution in [0.25, 0.3) is 0 Å². The third-order valence-corrected chi connectivity index (χ3v) is 5.48. The maximum atomic E-state index is 6.02. The van der Waals surface area contributed by atoms with Crippen LogP contribution in [0.5, 0.6) is 5.75 Å². The molecule has 0 saturated carbocycles. The topological polar surface area (TPSA) is 64.9 Å². The van der Waals surface area contributed by atoms with Crippen LogP contribution in [0.3, 0.4) is 0 Å². The molecule has 0 saturated heterocycles. The van der Waals surface area contributed by atoms with Crippen molar-refractivity contribution >= 4 is 35.0 Å². The molecule has 0 spiro atoms. The molecule has 3 aromatic rings. The number of ether oxygens (including phenoxy) is 1. The zero-order valence-electron chi connectivity index (χ0n) is 14.7. The Morgan fingerprint density at radius 2 is 1.85 bits per heavy atom. The number of nitrogens with one attached hydrogen (secondary N) is 1. The Balaban J connectivity index is 1.38. The van der Waals surface area contributed by atoms with Gasteiger partial charge in [-0.2, -0.15) is 0 Å². The molecule has 0 aliphatic carbocycles. The van der Waals surface area contributed by atoms with E-state index in [0.29, 0.717) is 16.7 Å². The van der Waals surface area contributed by atoms with Gasteiger partial charge in [-0.25, -0.2) is 4.68 Å². The van der Waals surface area contributed by atoms with Crippen molar-refractivity contribution in [3.05, 3.63) is 63.6 Å². The summed E-state index contributed by atoms with van der Waals surface area (Å²) in [7, 11) is 1.83. The molecule has 1 N–H and O–H groups in total. The van der Waals surface area contributed by atoms with Gasteiger partial charge >= 0.3 is 0 Å². The van der Waals surface area contributed by atoms with E-state index >= 15 is 0 Å². The van der Waals surface area contributed by atoms with Crippen LogP contribution in [0.1, 0.15) is 11.1 Å². The highest BCUT2D eigenvalue weighted by Gasteiger charge is 2.03. The molecule has 0 aliphatic heterocycles. The van der Waals surface area contributed by atoms with E-state index in [1.807, 2.05) is 31.3 Å². The average Bonchev–Trinajstić information content (AvgIpc) is 3.08. The summed E-state index contributed by atoms with van der Waals surface area (Å²) in [5.41, 5.74) is 2.17. The van der Waals surface area contributed by atoms with Crippen molar-refractivity contribution in [2.45, 2.75) is 18.3 Å². The van der Waals surface area contributed by atoms with Gasteiger partial charge in [0.1, 0.15) is 12.4 Å². The van der Waals surface area contributed by atoms with E-state index in [9.17, 15) is 0 Å². The fourth-order valence-corrected chi connectivity index (χ4v) is 3.36. The molecule has 2 aromatic carbocycles. The Morgan fingerprint density at radius 1 is 1.07 bits per heavy atom. The van der Waals surface area contributed by atoms with Crippen molar-refractivity contribution in [1.82, 2.24) is 25.5 Å². The van der Waals surface area contributed by atoms with Crippen LogP contribution in [0, 0.1) is 0 Å². The van der Waals surface area contributed by atoms with Crippen LogP contribution in [0.15, 0.2) is 47.6 Å². The van der Waals surface area contributed by atoms with Crippen molar-refractivity contribution < 1.29 is 4.74 Å².